The van der Waals surface area contributed by atoms with Crippen molar-refractivity contribution in [1.82, 2.24) is 0 Å². The maximum Gasteiger partial charge on any atom is 0.261 e. The fourth-order valence-electron chi connectivity index (χ4n) is 4.95. The van der Waals surface area contributed by atoms with Crippen molar-refractivity contribution in [3.8, 4) is 11.5 Å². The van der Waals surface area contributed by atoms with Gasteiger partial charge in [0, 0.05) is 26.2 Å². The van der Waals surface area contributed by atoms with E-state index < -0.39 is 10.0 Å². The maximum absolute atomic E-state index is 13.1. The lowest BCUT2D eigenvalue weighted by Crippen LogP contribution is -2.29. The van der Waals surface area contributed by atoms with Crippen LogP contribution in [0, 0.1) is 5.92 Å². The Labute approximate surface area is 214 Å². The molecule has 6 rings (SSSR count). The van der Waals surface area contributed by atoms with Crippen molar-refractivity contribution in [2.45, 2.75) is 23.3 Å². The summed E-state index contributed by atoms with van der Waals surface area (Å²) in [6, 6.07) is 16.4. The molecule has 1 aliphatic carbocycles. The summed E-state index contributed by atoms with van der Waals surface area (Å²) >= 11 is 7.08. The monoisotopic (exact) mass is 602 g/mol. The van der Waals surface area contributed by atoms with E-state index in [-0.39, 0.29) is 29.6 Å². The van der Waals surface area contributed by atoms with Crippen molar-refractivity contribution in [1.29, 1.82) is 0 Å². The molecule has 0 radical (unpaired) electrons. The molecule has 2 N–H and O–H groups in total. The lowest BCUT2D eigenvalue weighted by Gasteiger charge is -2.38. The summed E-state index contributed by atoms with van der Waals surface area (Å²) in [6.07, 6.45) is 5.27. The van der Waals surface area contributed by atoms with Crippen LogP contribution in [0.5, 0.6) is 11.5 Å². The number of benzene rings is 3. The van der Waals surface area contributed by atoms with E-state index in [2.05, 4.69) is 54.1 Å². The molecular formula is C25H20Br2N2O4S. The number of hydrogen-bond donors (Lipinski definition) is 2. The molecule has 3 aromatic carbocycles. The van der Waals surface area contributed by atoms with Gasteiger partial charge >= 0.3 is 0 Å². The maximum atomic E-state index is 13.1. The first-order chi connectivity index (χ1) is 16.4. The molecule has 174 valence electrons. The van der Waals surface area contributed by atoms with Gasteiger partial charge in [0.15, 0.2) is 11.5 Å². The third-order valence-electron chi connectivity index (χ3n) is 6.57. The molecule has 0 spiro atoms. The fourth-order valence-corrected chi connectivity index (χ4v) is 6.88. The number of rotatable bonds is 4. The highest BCUT2D eigenvalue weighted by Crippen LogP contribution is 2.52. The Kier molecular flexibility index (Phi) is 5.38. The molecule has 0 fully saturated rings. The number of nitrogens with one attached hydrogen (secondary N) is 2. The van der Waals surface area contributed by atoms with E-state index in [1.54, 1.807) is 36.4 Å². The minimum Gasteiger partial charge on any atom is -0.454 e. The molecule has 3 aliphatic rings. The molecule has 34 heavy (non-hydrogen) atoms. The van der Waals surface area contributed by atoms with Crippen molar-refractivity contribution in [2.75, 3.05) is 16.8 Å². The number of hydrogen-bond acceptors (Lipinski definition) is 5. The van der Waals surface area contributed by atoms with Crippen LogP contribution in [-0.4, -0.2) is 15.2 Å². The van der Waals surface area contributed by atoms with Crippen molar-refractivity contribution >= 4 is 53.3 Å². The minimum atomic E-state index is -3.72. The lowest BCUT2D eigenvalue weighted by molar-refractivity contribution is 0.174. The summed E-state index contributed by atoms with van der Waals surface area (Å²) in [5.41, 5.74) is 3.54. The second kappa shape index (κ2) is 8.32. The van der Waals surface area contributed by atoms with Gasteiger partial charge in [-0.25, -0.2) is 8.42 Å². The van der Waals surface area contributed by atoms with Gasteiger partial charge in [-0.2, -0.15) is 0 Å². The number of allylic oxidation sites excluding steroid dienone is 2. The van der Waals surface area contributed by atoms with E-state index >= 15 is 0 Å². The number of sulfonamides is 1. The van der Waals surface area contributed by atoms with E-state index in [0.29, 0.717) is 5.69 Å². The van der Waals surface area contributed by atoms with Crippen LogP contribution in [0.3, 0.4) is 0 Å². The predicted molar refractivity (Wildman–Crippen MR) is 138 cm³/mol. The molecule has 0 aromatic heterocycles. The summed E-state index contributed by atoms with van der Waals surface area (Å²) in [5.74, 6) is 1.85. The number of ether oxygens (including phenoxy) is 2. The van der Waals surface area contributed by atoms with Crippen molar-refractivity contribution in [3.63, 3.8) is 0 Å². The SMILES string of the molecule is O=S(=O)(Nc1ccc(Br)cc1)c1ccc2c(c1)[C@H]1C=CC[C@H]1[C@@H](c1cc3c(cc1Br)OCO3)N2. The Bertz CT molecular complexity index is 1420. The number of halogens is 2. The van der Waals surface area contributed by atoms with Gasteiger partial charge in [0.05, 0.1) is 10.9 Å². The van der Waals surface area contributed by atoms with Crippen LogP contribution < -0.4 is 19.5 Å². The first kappa shape index (κ1) is 22.0. The summed E-state index contributed by atoms with van der Waals surface area (Å²) < 4.78 is 41.9. The standard InChI is InChI=1S/C25H20Br2N2O4S/c26-14-4-6-15(7-5-14)29-34(30,31)16-8-9-22-19(10-16)17-2-1-3-18(17)25(28-22)20-11-23-24(12-21(20)27)33-13-32-23/h1-2,4-12,17-18,25,28-29H,3,13H2/t17-,18+,25-/m0/s1. The van der Waals surface area contributed by atoms with Crippen LogP contribution in [0.1, 0.15) is 29.5 Å². The fraction of sp³-hybridized carbons (Fsp3) is 0.200. The van der Waals surface area contributed by atoms with Crippen LogP contribution in [-0.2, 0) is 10.0 Å². The van der Waals surface area contributed by atoms with Gasteiger partial charge in [0.1, 0.15) is 0 Å². The molecule has 2 aliphatic heterocycles. The Morgan fingerprint density at radius 1 is 0.941 bits per heavy atom. The van der Waals surface area contributed by atoms with Crippen molar-refractivity contribution in [3.05, 3.63) is 86.8 Å². The molecule has 0 bridgehead atoms. The molecule has 9 heteroatoms. The van der Waals surface area contributed by atoms with E-state index in [9.17, 15) is 8.42 Å². The second-order valence-corrected chi connectivity index (χ2v) is 12.0. The smallest absolute Gasteiger partial charge is 0.261 e. The van der Waals surface area contributed by atoms with E-state index in [0.717, 1.165) is 43.7 Å². The van der Waals surface area contributed by atoms with E-state index in [1.807, 2.05) is 18.2 Å². The topological polar surface area (TPSA) is 76.7 Å². The Balaban J connectivity index is 1.35. The summed E-state index contributed by atoms with van der Waals surface area (Å²) in [7, 11) is -3.72. The lowest BCUT2D eigenvalue weighted by atomic mass is 9.77. The molecule has 0 amide bonds. The van der Waals surface area contributed by atoms with E-state index in [1.165, 1.54) is 0 Å². The molecule has 3 aromatic rings. The highest BCUT2D eigenvalue weighted by molar-refractivity contribution is 9.10. The quantitative estimate of drug-likeness (QED) is 0.330. The Hall–Kier alpha value is -2.49. The third kappa shape index (κ3) is 3.79. The molecule has 3 atom stereocenters. The van der Waals surface area contributed by atoms with Crippen LogP contribution in [0.4, 0.5) is 11.4 Å². The van der Waals surface area contributed by atoms with Crippen LogP contribution in [0.25, 0.3) is 0 Å². The van der Waals surface area contributed by atoms with Crippen LogP contribution >= 0.6 is 31.9 Å². The number of anilines is 2. The van der Waals surface area contributed by atoms with Crippen molar-refractivity contribution < 1.29 is 17.9 Å². The highest BCUT2D eigenvalue weighted by atomic mass is 79.9. The largest absolute Gasteiger partial charge is 0.454 e. The van der Waals surface area contributed by atoms with E-state index in [4.69, 9.17) is 9.47 Å². The zero-order valence-electron chi connectivity index (χ0n) is 17.8. The summed E-state index contributed by atoms with van der Waals surface area (Å²) in [4.78, 5) is 0.248. The molecular weight excluding hydrogens is 584 g/mol. The third-order valence-corrected chi connectivity index (χ3v) is 9.16. The predicted octanol–water partition coefficient (Wildman–Crippen LogP) is 6.57. The minimum absolute atomic E-state index is 0.0414. The zero-order chi connectivity index (χ0) is 23.4. The van der Waals surface area contributed by atoms with Crippen LogP contribution in [0.15, 0.2) is 80.6 Å². The normalized spacial score (nSPS) is 22.1. The van der Waals surface area contributed by atoms with Gasteiger partial charge in [-0.05, 0) is 78.1 Å². The van der Waals surface area contributed by atoms with Gasteiger partial charge in [0.2, 0.25) is 6.79 Å². The van der Waals surface area contributed by atoms with Gasteiger partial charge in [-0.1, -0.05) is 44.0 Å². The van der Waals surface area contributed by atoms with Gasteiger partial charge in [0.25, 0.3) is 10.0 Å². The van der Waals surface area contributed by atoms with Gasteiger partial charge < -0.3 is 14.8 Å². The Morgan fingerprint density at radius 3 is 2.50 bits per heavy atom. The summed E-state index contributed by atoms with van der Waals surface area (Å²) in [5, 5.41) is 3.66. The zero-order valence-corrected chi connectivity index (χ0v) is 21.8. The molecule has 0 saturated heterocycles. The van der Waals surface area contributed by atoms with Crippen molar-refractivity contribution in [2.24, 2.45) is 5.92 Å². The van der Waals surface area contributed by atoms with Crippen LogP contribution in [0.2, 0.25) is 0 Å². The average molecular weight is 604 g/mol. The second-order valence-electron chi connectivity index (χ2n) is 8.56. The summed E-state index contributed by atoms with van der Waals surface area (Å²) in [6.45, 7) is 0.227. The average Bonchev–Trinajstić information content (AvgIpc) is 3.48. The highest BCUT2D eigenvalue weighted by Gasteiger charge is 2.39. The number of fused-ring (bicyclic) bond motifs is 4. The molecule has 0 saturated carbocycles. The molecule has 6 nitrogen and oxygen atoms in total. The first-order valence-corrected chi connectivity index (χ1v) is 13.9. The van der Waals surface area contributed by atoms with Gasteiger partial charge in [-0.15, -0.1) is 0 Å². The van der Waals surface area contributed by atoms with Gasteiger partial charge in [-0.3, -0.25) is 4.72 Å². The first-order valence-electron chi connectivity index (χ1n) is 10.8. The molecule has 0 unspecified atom stereocenters. The Morgan fingerprint density at radius 2 is 1.71 bits per heavy atom. The molecule has 2 heterocycles.